The Morgan fingerprint density at radius 3 is 2.67 bits per heavy atom. The van der Waals surface area contributed by atoms with E-state index in [-0.39, 0.29) is 16.1 Å². The van der Waals surface area contributed by atoms with Gasteiger partial charge in [0, 0.05) is 12.6 Å². The molecule has 0 aromatic heterocycles. The van der Waals surface area contributed by atoms with Crippen LogP contribution in [0.2, 0.25) is 0 Å². The lowest BCUT2D eigenvalue weighted by molar-refractivity contribution is 0.232. The van der Waals surface area contributed by atoms with Crippen LogP contribution in [-0.4, -0.2) is 35.2 Å². The van der Waals surface area contributed by atoms with Gasteiger partial charge in [0.05, 0.1) is 12.0 Å². The number of halogens is 1. The summed E-state index contributed by atoms with van der Waals surface area (Å²) in [5.41, 5.74) is -0.0531. The Bertz CT molecular complexity index is 598. The van der Waals surface area contributed by atoms with Gasteiger partial charge in [-0.15, -0.1) is 0 Å². The summed E-state index contributed by atoms with van der Waals surface area (Å²) >= 11 is 0. The maximum absolute atomic E-state index is 13.3. The number of hydrogen-bond donors (Lipinski definition) is 2. The van der Waals surface area contributed by atoms with Crippen molar-refractivity contribution < 1.29 is 17.5 Å². The molecule has 0 amide bonds. The first-order valence-electron chi connectivity index (χ1n) is 6.90. The molecule has 0 unspecified atom stereocenters. The summed E-state index contributed by atoms with van der Waals surface area (Å²) in [6.45, 7) is 4.23. The molecule has 1 aliphatic rings. The Hall–Kier alpha value is -1.18. The minimum Gasteiger partial charge on any atom is -0.494 e. The third-order valence-electron chi connectivity index (χ3n) is 3.93. The lowest BCUT2D eigenvalue weighted by atomic mass is 9.81. The van der Waals surface area contributed by atoms with E-state index >= 15 is 0 Å². The molecule has 1 fully saturated rings. The Morgan fingerprint density at radius 2 is 2.05 bits per heavy atom. The molecule has 1 aromatic rings. The van der Waals surface area contributed by atoms with E-state index in [4.69, 9.17) is 4.74 Å². The zero-order valence-corrected chi connectivity index (χ0v) is 13.1. The van der Waals surface area contributed by atoms with Crippen molar-refractivity contribution in [1.82, 2.24) is 10.0 Å². The number of hydrogen-bond acceptors (Lipinski definition) is 4. The molecule has 1 heterocycles. The van der Waals surface area contributed by atoms with Gasteiger partial charge in [0.25, 0.3) is 0 Å². The fourth-order valence-electron chi connectivity index (χ4n) is 2.37. The van der Waals surface area contributed by atoms with Gasteiger partial charge in [-0.05, 0) is 43.5 Å². The van der Waals surface area contributed by atoms with Gasteiger partial charge in [0.2, 0.25) is 10.0 Å². The Kier molecular flexibility index (Phi) is 4.85. The second-order valence-electron chi connectivity index (χ2n) is 5.68. The zero-order chi connectivity index (χ0) is 15.5. The normalized spacial score (nSPS) is 18.4. The van der Waals surface area contributed by atoms with Crippen molar-refractivity contribution in [1.29, 1.82) is 0 Å². The van der Waals surface area contributed by atoms with Gasteiger partial charge in [-0.2, -0.15) is 0 Å². The summed E-state index contributed by atoms with van der Waals surface area (Å²) in [5.74, 6) is -0.660. The summed E-state index contributed by atoms with van der Waals surface area (Å²) in [7, 11) is -2.36. The van der Waals surface area contributed by atoms with Gasteiger partial charge >= 0.3 is 0 Å². The molecule has 2 rings (SSSR count). The van der Waals surface area contributed by atoms with Crippen molar-refractivity contribution in [3.05, 3.63) is 24.0 Å². The Labute approximate surface area is 124 Å². The zero-order valence-electron chi connectivity index (χ0n) is 12.3. The number of piperidine rings is 1. The molecule has 1 aromatic carbocycles. The van der Waals surface area contributed by atoms with Crippen LogP contribution in [-0.2, 0) is 10.0 Å². The van der Waals surface area contributed by atoms with Crippen LogP contribution in [0.1, 0.15) is 19.8 Å². The summed E-state index contributed by atoms with van der Waals surface area (Å²) in [5, 5.41) is 3.25. The quantitative estimate of drug-likeness (QED) is 0.864. The molecule has 1 saturated heterocycles. The molecule has 118 valence electrons. The Balaban J connectivity index is 2.11. The van der Waals surface area contributed by atoms with Crippen LogP contribution in [0.25, 0.3) is 0 Å². The summed E-state index contributed by atoms with van der Waals surface area (Å²) in [4.78, 5) is 0.0123. The van der Waals surface area contributed by atoms with Crippen molar-refractivity contribution >= 4 is 10.0 Å². The van der Waals surface area contributed by atoms with E-state index in [1.54, 1.807) is 0 Å². The van der Waals surface area contributed by atoms with Crippen LogP contribution in [0, 0.1) is 11.2 Å². The molecule has 21 heavy (non-hydrogen) atoms. The maximum atomic E-state index is 13.3. The molecule has 0 saturated carbocycles. The van der Waals surface area contributed by atoms with E-state index in [2.05, 4.69) is 17.0 Å². The Morgan fingerprint density at radius 1 is 1.38 bits per heavy atom. The number of nitrogens with one attached hydrogen (secondary N) is 2. The number of sulfonamides is 1. The van der Waals surface area contributed by atoms with Gasteiger partial charge in [-0.1, -0.05) is 6.92 Å². The van der Waals surface area contributed by atoms with Crippen LogP contribution in [0.15, 0.2) is 23.1 Å². The average Bonchev–Trinajstić information content (AvgIpc) is 2.46. The van der Waals surface area contributed by atoms with Crippen LogP contribution in [0.5, 0.6) is 5.75 Å². The third kappa shape index (κ3) is 3.93. The highest BCUT2D eigenvalue weighted by atomic mass is 32.2. The van der Waals surface area contributed by atoms with Crippen LogP contribution < -0.4 is 14.8 Å². The largest absolute Gasteiger partial charge is 0.494 e. The number of ether oxygens (including phenoxy) is 1. The molecular weight excluding hydrogens is 295 g/mol. The second-order valence-corrected chi connectivity index (χ2v) is 7.45. The first kappa shape index (κ1) is 16.2. The SMILES string of the molecule is COc1cc(S(=O)(=O)NCC2(C)CCNCC2)ccc1F. The molecule has 1 aliphatic heterocycles. The van der Waals surface area contributed by atoms with Crippen molar-refractivity contribution in [2.75, 3.05) is 26.7 Å². The molecule has 2 N–H and O–H groups in total. The van der Waals surface area contributed by atoms with Crippen molar-refractivity contribution in [2.24, 2.45) is 5.41 Å². The summed E-state index contributed by atoms with van der Waals surface area (Å²) < 4.78 is 45.4. The van der Waals surface area contributed by atoms with Crippen LogP contribution in [0.3, 0.4) is 0 Å². The third-order valence-corrected chi connectivity index (χ3v) is 5.33. The predicted molar refractivity (Wildman–Crippen MR) is 78.4 cm³/mol. The van der Waals surface area contributed by atoms with Crippen molar-refractivity contribution in [3.63, 3.8) is 0 Å². The van der Waals surface area contributed by atoms with Gasteiger partial charge in [-0.25, -0.2) is 17.5 Å². The monoisotopic (exact) mass is 316 g/mol. The molecule has 7 heteroatoms. The lowest BCUT2D eigenvalue weighted by Crippen LogP contribution is -2.42. The van der Waals surface area contributed by atoms with E-state index in [1.807, 2.05) is 0 Å². The van der Waals surface area contributed by atoms with Crippen molar-refractivity contribution in [3.8, 4) is 5.75 Å². The highest BCUT2D eigenvalue weighted by molar-refractivity contribution is 7.89. The predicted octanol–water partition coefficient (Wildman–Crippen LogP) is 1.50. The molecule has 0 spiro atoms. The maximum Gasteiger partial charge on any atom is 0.240 e. The van der Waals surface area contributed by atoms with Crippen molar-refractivity contribution in [2.45, 2.75) is 24.7 Å². The molecular formula is C14H21FN2O3S. The second kappa shape index (κ2) is 6.29. The smallest absolute Gasteiger partial charge is 0.240 e. The van der Waals surface area contributed by atoms with Gasteiger partial charge in [0.1, 0.15) is 0 Å². The van der Waals surface area contributed by atoms with E-state index in [0.717, 1.165) is 32.0 Å². The average molecular weight is 316 g/mol. The van der Waals surface area contributed by atoms with E-state index in [1.165, 1.54) is 19.2 Å². The standard InChI is InChI=1S/C14H21FN2O3S/c1-14(5-7-16-8-6-14)10-17-21(18,19)11-3-4-12(15)13(9-11)20-2/h3-4,9,16-17H,5-8,10H2,1-2H3. The lowest BCUT2D eigenvalue weighted by Gasteiger charge is -2.34. The van der Waals surface area contributed by atoms with Gasteiger partial charge in [-0.3, -0.25) is 0 Å². The summed E-state index contributed by atoms with van der Waals surface area (Å²) in [6, 6.07) is 3.53. The molecule has 0 aliphatic carbocycles. The van der Waals surface area contributed by atoms with E-state index in [0.29, 0.717) is 6.54 Å². The van der Waals surface area contributed by atoms with Gasteiger partial charge in [0.15, 0.2) is 11.6 Å². The topological polar surface area (TPSA) is 67.4 Å². The minimum absolute atomic E-state index is 0.0123. The number of methoxy groups -OCH3 is 1. The van der Waals surface area contributed by atoms with E-state index < -0.39 is 15.8 Å². The highest BCUT2D eigenvalue weighted by Crippen LogP contribution is 2.28. The van der Waals surface area contributed by atoms with Gasteiger partial charge < -0.3 is 10.1 Å². The van der Waals surface area contributed by atoms with E-state index in [9.17, 15) is 12.8 Å². The highest BCUT2D eigenvalue weighted by Gasteiger charge is 2.29. The fourth-order valence-corrected chi connectivity index (χ4v) is 3.58. The molecule has 0 bridgehead atoms. The van der Waals surface area contributed by atoms with Crippen LogP contribution in [0.4, 0.5) is 4.39 Å². The number of benzene rings is 1. The molecule has 0 radical (unpaired) electrons. The number of rotatable bonds is 5. The van der Waals surface area contributed by atoms with Crippen LogP contribution >= 0.6 is 0 Å². The molecule has 5 nitrogen and oxygen atoms in total. The summed E-state index contributed by atoms with van der Waals surface area (Å²) in [6.07, 6.45) is 1.84. The minimum atomic E-state index is -3.66. The fraction of sp³-hybridized carbons (Fsp3) is 0.571. The molecule has 0 atom stereocenters. The first-order chi connectivity index (χ1) is 9.86. The first-order valence-corrected chi connectivity index (χ1v) is 8.39.